The van der Waals surface area contributed by atoms with Crippen molar-refractivity contribution < 1.29 is 9.52 Å². The summed E-state index contributed by atoms with van der Waals surface area (Å²) in [6.45, 7) is 0. The Morgan fingerprint density at radius 1 is 1.58 bits per heavy atom. The Labute approximate surface area is 78.1 Å². The predicted octanol–water partition coefficient (Wildman–Crippen LogP) is 0.726. The highest BCUT2D eigenvalue weighted by Gasteiger charge is 2.18. The first kappa shape index (κ1) is 9.09. The standard InChI is InChI=1S/C6H4Cl2N2O2/c7-3-1-4(8)5(6(9)11)10(12)2-3/h1-2H,(H2,9,11). The number of halogens is 2. The van der Waals surface area contributed by atoms with Gasteiger partial charge in [-0.05, 0) is 6.07 Å². The third-order valence-electron chi connectivity index (χ3n) is 1.19. The summed E-state index contributed by atoms with van der Waals surface area (Å²) in [6, 6.07) is 1.28. The summed E-state index contributed by atoms with van der Waals surface area (Å²) in [5.41, 5.74) is 4.57. The lowest BCUT2D eigenvalue weighted by molar-refractivity contribution is -0.607. The van der Waals surface area contributed by atoms with Crippen molar-refractivity contribution in [2.24, 2.45) is 5.73 Å². The van der Waals surface area contributed by atoms with Crippen molar-refractivity contribution in [3.63, 3.8) is 0 Å². The Balaban J connectivity index is 3.38. The average molecular weight is 207 g/mol. The van der Waals surface area contributed by atoms with Gasteiger partial charge in [0.05, 0.1) is 0 Å². The molecule has 6 heteroatoms. The van der Waals surface area contributed by atoms with Crippen molar-refractivity contribution in [2.75, 3.05) is 0 Å². The van der Waals surface area contributed by atoms with Crippen molar-refractivity contribution in [2.45, 2.75) is 0 Å². The monoisotopic (exact) mass is 206 g/mol. The van der Waals surface area contributed by atoms with Crippen LogP contribution in [0.25, 0.3) is 0 Å². The molecule has 0 fully saturated rings. The second-order valence-corrected chi connectivity index (χ2v) is 2.89. The summed E-state index contributed by atoms with van der Waals surface area (Å²) in [5.74, 6) is -0.883. The van der Waals surface area contributed by atoms with E-state index < -0.39 is 5.91 Å². The number of pyridine rings is 1. The molecule has 2 N–H and O–H groups in total. The van der Waals surface area contributed by atoms with Crippen LogP contribution in [0, 0.1) is 5.21 Å². The van der Waals surface area contributed by atoms with Gasteiger partial charge >= 0.3 is 5.91 Å². The quantitative estimate of drug-likeness (QED) is 0.544. The number of amides is 1. The third-order valence-corrected chi connectivity index (χ3v) is 1.68. The summed E-state index contributed by atoms with van der Waals surface area (Å²) in [6.07, 6.45) is 1.01. The molecule has 0 spiro atoms. The molecule has 0 aliphatic carbocycles. The van der Waals surface area contributed by atoms with E-state index in [4.69, 9.17) is 28.9 Å². The minimum Gasteiger partial charge on any atom is -0.618 e. The molecule has 12 heavy (non-hydrogen) atoms. The number of primary amides is 1. The van der Waals surface area contributed by atoms with Gasteiger partial charge in [-0.2, -0.15) is 4.73 Å². The molecule has 1 heterocycles. The number of nitrogens with two attached hydrogens (primary N) is 1. The van der Waals surface area contributed by atoms with Crippen molar-refractivity contribution in [3.8, 4) is 0 Å². The third kappa shape index (κ3) is 1.60. The lowest BCUT2D eigenvalue weighted by Gasteiger charge is -2.02. The van der Waals surface area contributed by atoms with E-state index in [0.29, 0.717) is 0 Å². The van der Waals surface area contributed by atoms with Gasteiger partial charge < -0.3 is 10.9 Å². The van der Waals surface area contributed by atoms with Crippen LogP contribution in [0.3, 0.4) is 0 Å². The van der Waals surface area contributed by atoms with Gasteiger partial charge in [-0.1, -0.05) is 23.2 Å². The van der Waals surface area contributed by atoms with E-state index in [2.05, 4.69) is 0 Å². The smallest absolute Gasteiger partial charge is 0.316 e. The molecule has 1 aromatic heterocycles. The Bertz CT molecular complexity index is 317. The zero-order chi connectivity index (χ0) is 9.30. The second-order valence-electron chi connectivity index (χ2n) is 2.04. The zero-order valence-electron chi connectivity index (χ0n) is 5.75. The van der Waals surface area contributed by atoms with Gasteiger partial charge in [0.25, 0.3) is 5.69 Å². The number of aromatic nitrogens is 1. The van der Waals surface area contributed by atoms with E-state index in [9.17, 15) is 10.0 Å². The molecule has 0 aliphatic heterocycles. The average Bonchev–Trinajstić information content (AvgIpc) is 1.82. The van der Waals surface area contributed by atoms with Crippen molar-refractivity contribution in [1.29, 1.82) is 0 Å². The maximum absolute atomic E-state index is 10.9. The molecular weight excluding hydrogens is 203 g/mol. The summed E-state index contributed by atoms with van der Waals surface area (Å²) < 4.78 is 0.243. The highest BCUT2D eigenvalue weighted by molar-refractivity contribution is 6.35. The zero-order valence-corrected chi connectivity index (χ0v) is 7.26. The number of carbonyl (C=O) groups excluding carboxylic acids is 1. The van der Waals surface area contributed by atoms with E-state index in [1.54, 1.807) is 0 Å². The van der Waals surface area contributed by atoms with Crippen LogP contribution in [0.4, 0.5) is 0 Å². The van der Waals surface area contributed by atoms with Gasteiger partial charge in [0.15, 0.2) is 6.20 Å². The van der Waals surface area contributed by atoms with Gasteiger partial charge in [0.2, 0.25) is 0 Å². The molecule has 64 valence electrons. The summed E-state index contributed by atoms with van der Waals surface area (Å²) in [7, 11) is 0. The van der Waals surface area contributed by atoms with Gasteiger partial charge in [-0.15, -0.1) is 0 Å². The van der Waals surface area contributed by atoms with Crippen LogP contribution < -0.4 is 10.5 Å². The molecule has 1 amide bonds. The first-order valence-corrected chi connectivity index (χ1v) is 3.66. The van der Waals surface area contributed by atoms with Crippen LogP contribution in [0.5, 0.6) is 0 Å². The fourth-order valence-corrected chi connectivity index (χ4v) is 1.28. The summed E-state index contributed by atoms with van der Waals surface area (Å²) >= 11 is 11.0. The molecular formula is C6H4Cl2N2O2. The van der Waals surface area contributed by atoms with Crippen LogP contribution >= 0.6 is 23.2 Å². The van der Waals surface area contributed by atoms with Crippen molar-refractivity contribution in [3.05, 3.63) is 33.2 Å². The maximum Gasteiger partial charge on any atom is 0.316 e. The molecule has 0 saturated heterocycles. The highest BCUT2D eigenvalue weighted by Crippen LogP contribution is 2.16. The largest absolute Gasteiger partial charge is 0.618 e. The summed E-state index contributed by atoms with van der Waals surface area (Å²) in [5, 5.41) is 11.1. The van der Waals surface area contributed by atoms with Crippen LogP contribution in [-0.4, -0.2) is 5.91 Å². The fraction of sp³-hybridized carbons (Fsp3) is 0. The number of hydrogen-bond acceptors (Lipinski definition) is 2. The van der Waals surface area contributed by atoms with Crippen LogP contribution in [0.2, 0.25) is 10.0 Å². The molecule has 0 bridgehead atoms. The molecule has 0 radical (unpaired) electrons. The molecule has 1 rings (SSSR count). The van der Waals surface area contributed by atoms with Crippen LogP contribution in [0.1, 0.15) is 10.5 Å². The molecule has 0 atom stereocenters. The lowest BCUT2D eigenvalue weighted by Crippen LogP contribution is -2.37. The van der Waals surface area contributed by atoms with Crippen LogP contribution in [0.15, 0.2) is 12.3 Å². The van der Waals surface area contributed by atoms with Gasteiger partial charge in [-0.3, -0.25) is 4.79 Å². The molecule has 0 aromatic carbocycles. The molecule has 0 saturated carbocycles. The van der Waals surface area contributed by atoms with E-state index in [0.717, 1.165) is 6.20 Å². The normalized spacial score (nSPS) is 9.83. The van der Waals surface area contributed by atoms with E-state index in [-0.39, 0.29) is 20.5 Å². The highest BCUT2D eigenvalue weighted by atomic mass is 35.5. The maximum atomic E-state index is 10.9. The molecule has 4 nitrogen and oxygen atoms in total. The van der Waals surface area contributed by atoms with Gasteiger partial charge in [0.1, 0.15) is 10.0 Å². The summed E-state index contributed by atoms with van der Waals surface area (Å²) in [4.78, 5) is 10.6. The number of hydrogen-bond donors (Lipinski definition) is 1. The Morgan fingerprint density at radius 3 is 2.58 bits per heavy atom. The fourth-order valence-electron chi connectivity index (χ4n) is 0.735. The van der Waals surface area contributed by atoms with E-state index in [1.165, 1.54) is 6.07 Å². The first-order valence-electron chi connectivity index (χ1n) is 2.90. The molecule has 0 unspecified atom stereocenters. The molecule has 0 aliphatic rings. The van der Waals surface area contributed by atoms with Crippen LogP contribution in [-0.2, 0) is 0 Å². The van der Waals surface area contributed by atoms with E-state index >= 15 is 0 Å². The first-order chi connectivity index (χ1) is 5.52. The number of rotatable bonds is 1. The second kappa shape index (κ2) is 3.16. The Morgan fingerprint density at radius 2 is 2.17 bits per heavy atom. The Kier molecular flexibility index (Phi) is 2.40. The minimum absolute atomic E-state index is 0.0509. The number of nitrogens with zero attached hydrogens (tertiary/aromatic N) is 1. The topological polar surface area (TPSA) is 70.0 Å². The Hall–Kier alpha value is -1.00. The van der Waals surface area contributed by atoms with E-state index in [1.807, 2.05) is 0 Å². The van der Waals surface area contributed by atoms with Gasteiger partial charge in [0, 0.05) is 0 Å². The molecule has 1 aromatic rings. The van der Waals surface area contributed by atoms with Crippen molar-refractivity contribution >= 4 is 29.1 Å². The van der Waals surface area contributed by atoms with Crippen molar-refractivity contribution in [1.82, 2.24) is 0 Å². The predicted molar refractivity (Wildman–Crippen MR) is 43.9 cm³/mol. The number of carbonyl (C=O) groups is 1. The minimum atomic E-state index is -0.883. The lowest BCUT2D eigenvalue weighted by atomic mass is 10.3. The van der Waals surface area contributed by atoms with Gasteiger partial charge in [-0.25, -0.2) is 0 Å². The SMILES string of the molecule is NC(=O)c1c(Cl)cc(Cl)c[n+]1[O-].